The Hall–Kier alpha value is -1.20. The fourth-order valence-electron chi connectivity index (χ4n) is 1.88. The van der Waals surface area contributed by atoms with Crippen molar-refractivity contribution in [2.45, 2.75) is 26.9 Å². The van der Waals surface area contributed by atoms with E-state index in [1.807, 2.05) is 16.8 Å². The monoisotopic (exact) mass is 308 g/mol. The van der Waals surface area contributed by atoms with Crippen LogP contribution in [0.4, 0.5) is 0 Å². The maximum Gasteiger partial charge on any atom is 0.104 e. The van der Waals surface area contributed by atoms with Gasteiger partial charge in [0.05, 0.1) is 5.69 Å². The molecule has 0 bridgehead atoms. The van der Waals surface area contributed by atoms with Crippen molar-refractivity contribution in [3.63, 3.8) is 0 Å². The van der Waals surface area contributed by atoms with Crippen molar-refractivity contribution >= 4 is 15.9 Å². The number of halogens is 1. The summed E-state index contributed by atoms with van der Waals surface area (Å²) in [5.74, 6) is 0.520. The molecule has 2 N–H and O–H groups in total. The van der Waals surface area contributed by atoms with Crippen LogP contribution in [0.1, 0.15) is 19.5 Å². The molecule has 2 aromatic rings. The van der Waals surface area contributed by atoms with Crippen molar-refractivity contribution in [3.05, 3.63) is 34.4 Å². The Morgan fingerprint density at radius 2 is 1.94 bits per heavy atom. The molecule has 0 unspecified atom stereocenters. The standard InChI is InChI=1S/C13H17BrN4/c1-9(2)8-18-13(12(7-15)16-17-18)10-3-5-11(14)6-4-10/h3-6,9H,7-8,15H2,1-2H3. The molecular formula is C13H17BrN4. The third-order valence-electron chi connectivity index (χ3n) is 2.65. The third kappa shape index (κ3) is 2.79. The summed E-state index contributed by atoms with van der Waals surface area (Å²) < 4.78 is 3.00. The van der Waals surface area contributed by atoms with Crippen LogP contribution in [0.15, 0.2) is 28.7 Å². The Bertz CT molecular complexity index is 516. The average Bonchev–Trinajstić information content (AvgIpc) is 2.72. The molecule has 0 saturated heterocycles. The Kier molecular flexibility index (Phi) is 4.14. The second kappa shape index (κ2) is 5.63. The summed E-state index contributed by atoms with van der Waals surface area (Å²) in [4.78, 5) is 0. The third-order valence-corrected chi connectivity index (χ3v) is 3.18. The van der Waals surface area contributed by atoms with Gasteiger partial charge in [-0.1, -0.05) is 47.1 Å². The van der Waals surface area contributed by atoms with E-state index in [2.05, 4.69) is 52.2 Å². The van der Waals surface area contributed by atoms with E-state index in [-0.39, 0.29) is 0 Å². The second-order valence-electron chi connectivity index (χ2n) is 4.67. The lowest BCUT2D eigenvalue weighted by atomic mass is 10.1. The molecule has 0 atom stereocenters. The summed E-state index contributed by atoms with van der Waals surface area (Å²) in [6, 6.07) is 8.14. The maximum absolute atomic E-state index is 5.74. The highest BCUT2D eigenvalue weighted by Gasteiger charge is 2.14. The number of benzene rings is 1. The molecule has 0 amide bonds. The highest BCUT2D eigenvalue weighted by Crippen LogP contribution is 2.24. The number of hydrogen-bond acceptors (Lipinski definition) is 3. The molecule has 1 heterocycles. The second-order valence-corrected chi connectivity index (χ2v) is 5.59. The van der Waals surface area contributed by atoms with Crippen LogP contribution in [-0.2, 0) is 13.1 Å². The summed E-state index contributed by atoms with van der Waals surface area (Å²) in [7, 11) is 0. The highest BCUT2D eigenvalue weighted by atomic mass is 79.9. The van der Waals surface area contributed by atoms with Crippen LogP contribution < -0.4 is 5.73 Å². The first kappa shape index (κ1) is 13.2. The molecule has 0 aliphatic carbocycles. The van der Waals surface area contributed by atoms with Gasteiger partial charge in [-0.2, -0.15) is 0 Å². The molecule has 0 aliphatic rings. The zero-order chi connectivity index (χ0) is 13.1. The lowest BCUT2D eigenvalue weighted by molar-refractivity contribution is 0.475. The van der Waals surface area contributed by atoms with Crippen LogP contribution in [0.5, 0.6) is 0 Å². The summed E-state index contributed by atoms with van der Waals surface area (Å²) in [6.45, 7) is 5.58. The Labute approximate surface area is 115 Å². The van der Waals surface area contributed by atoms with E-state index < -0.39 is 0 Å². The largest absolute Gasteiger partial charge is 0.325 e. The van der Waals surface area contributed by atoms with Gasteiger partial charge >= 0.3 is 0 Å². The quantitative estimate of drug-likeness (QED) is 0.945. The van der Waals surface area contributed by atoms with Gasteiger partial charge < -0.3 is 5.73 Å². The maximum atomic E-state index is 5.74. The Morgan fingerprint density at radius 3 is 2.50 bits per heavy atom. The first-order valence-electron chi connectivity index (χ1n) is 6.00. The van der Waals surface area contributed by atoms with Crippen molar-refractivity contribution in [2.24, 2.45) is 11.7 Å². The number of nitrogens with zero attached hydrogens (tertiary/aromatic N) is 3. The number of aromatic nitrogens is 3. The minimum absolute atomic E-state index is 0.406. The molecular weight excluding hydrogens is 292 g/mol. The van der Waals surface area contributed by atoms with Crippen LogP contribution in [0.25, 0.3) is 11.3 Å². The van der Waals surface area contributed by atoms with Crippen molar-refractivity contribution in [1.29, 1.82) is 0 Å². The molecule has 2 rings (SSSR count). The molecule has 0 fully saturated rings. The predicted molar refractivity (Wildman–Crippen MR) is 75.9 cm³/mol. The number of hydrogen-bond donors (Lipinski definition) is 1. The summed E-state index contributed by atoms with van der Waals surface area (Å²) in [5.41, 5.74) is 8.71. The summed E-state index contributed by atoms with van der Waals surface area (Å²) >= 11 is 3.44. The molecule has 4 nitrogen and oxygen atoms in total. The van der Waals surface area contributed by atoms with Crippen LogP contribution in [0.2, 0.25) is 0 Å². The lowest BCUT2D eigenvalue weighted by Crippen LogP contribution is -2.08. The topological polar surface area (TPSA) is 56.7 Å². The Morgan fingerprint density at radius 1 is 1.28 bits per heavy atom. The van der Waals surface area contributed by atoms with Crippen LogP contribution >= 0.6 is 15.9 Å². The summed E-state index contributed by atoms with van der Waals surface area (Å²) in [5, 5.41) is 8.36. The number of nitrogens with two attached hydrogens (primary N) is 1. The minimum Gasteiger partial charge on any atom is -0.325 e. The Balaban J connectivity index is 2.46. The average molecular weight is 309 g/mol. The van der Waals surface area contributed by atoms with Crippen LogP contribution in [0, 0.1) is 5.92 Å². The molecule has 1 aromatic heterocycles. The first-order valence-corrected chi connectivity index (χ1v) is 6.79. The molecule has 96 valence electrons. The van der Waals surface area contributed by atoms with Crippen LogP contribution in [-0.4, -0.2) is 15.0 Å². The van der Waals surface area contributed by atoms with Crippen molar-refractivity contribution in [2.75, 3.05) is 0 Å². The highest BCUT2D eigenvalue weighted by molar-refractivity contribution is 9.10. The van der Waals surface area contributed by atoms with E-state index in [4.69, 9.17) is 5.73 Å². The fourth-order valence-corrected chi connectivity index (χ4v) is 2.15. The van der Waals surface area contributed by atoms with Gasteiger partial charge in [0.2, 0.25) is 0 Å². The van der Waals surface area contributed by atoms with Gasteiger partial charge in [0.25, 0.3) is 0 Å². The molecule has 0 spiro atoms. The summed E-state index contributed by atoms with van der Waals surface area (Å²) in [6.07, 6.45) is 0. The van der Waals surface area contributed by atoms with E-state index in [9.17, 15) is 0 Å². The van der Waals surface area contributed by atoms with Crippen molar-refractivity contribution < 1.29 is 0 Å². The minimum atomic E-state index is 0.406. The molecule has 0 radical (unpaired) electrons. The number of rotatable bonds is 4. The smallest absolute Gasteiger partial charge is 0.104 e. The molecule has 1 aromatic carbocycles. The van der Waals surface area contributed by atoms with Gasteiger partial charge in [0.15, 0.2) is 0 Å². The molecule has 0 aliphatic heterocycles. The molecule has 18 heavy (non-hydrogen) atoms. The van der Waals surface area contributed by atoms with E-state index in [0.29, 0.717) is 12.5 Å². The van der Waals surface area contributed by atoms with Gasteiger partial charge in [0, 0.05) is 23.1 Å². The van der Waals surface area contributed by atoms with Gasteiger partial charge in [-0.05, 0) is 18.1 Å². The van der Waals surface area contributed by atoms with Crippen LogP contribution in [0.3, 0.4) is 0 Å². The zero-order valence-corrected chi connectivity index (χ0v) is 12.2. The lowest BCUT2D eigenvalue weighted by Gasteiger charge is -2.10. The van der Waals surface area contributed by atoms with Crippen molar-refractivity contribution in [3.8, 4) is 11.3 Å². The van der Waals surface area contributed by atoms with Crippen molar-refractivity contribution in [1.82, 2.24) is 15.0 Å². The van der Waals surface area contributed by atoms with Gasteiger partial charge in [0.1, 0.15) is 5.69 Å². The first-order chi connectivity index (χ1) is 8.61. The predicted octanol–water partition coefficient (Wildman–Crippen LogP) is 2.82. The van der Waals surface area contributed by atoms with E-state index >= 15 is 0 Å². The van der Waals surface area contributed by atoms with Gasteiger partial charge in [-0.3, -0.25) is 0 Å². The SMILES string of the molecule is CC(C)Cn1nnc(CN)c1-c1ccc(Br)cc1. The molecule has 5 heteroatoms. The fraction of sp³-hybridized carbons (Fsp3) is 0.385. The molecule has 0 saturated carbocycles. The van der Waals surface area contributed by atoms with E-state index in [0.717, 1.165) is 28.0 Å². The van der Waals surface area contributed by atoms with E-state index in [1.165, 1.54) is 0 Å². The van der Waals surface area contributed by atoms with Gasteiger partial charge in [-0.15, -0.1) is 5.10 Å². The van der Waals surface area contributed by atoms with Gasteiger partial charge in [-0.25, -0.2) is 4.68 Å². The van der Waals surface area contributed by atoms with E-state index in [1.54, 1.807) is 0 Å². The zero-order valence-electron chi connectivity index (χ0n) is 10.6. The normalized spacial score (nSPS) is 11.2.